The van der Waals surface area contributed by atoms with E-state index in [2.05, 4.69) is 20.8 Å². The standard InChI is InChI=1S/C16H20N4O3/c1-17-16(21)3-2-12-7-15(23-20-12)11-6-14(9-18-8-11)22-10-13-4-5-19-13/h6-9,13,19H,2-5,10H2,1H3,(H,17,21)/t13-/m0/s1. The van der Waals surface area contributed by atoms with E-state index in [1.807, 2.05) is 12.1 Å². The van der Waals surface area contributed by atoms with Gasteiger partial charge in [-0.3, -0.25) is 9.78 Å². The molecule has 1 aliphatic heterocycles. The van der Waals surface area contributed by atoms with E-state index in [1.165, 1.54) is 0 Å². The Morgan fingerprint density at radius 3 is 3.09 bits per heavy atom. The minimum atomic E-state index is -0.0174. The first-order valence-electron chi connectivity index (χ1n) is 7.72. The highest BCUT2D eigenvalue weighted by molar-refractivity contribution is 5.75. The van der Waals surface area contributed by atoms with Crippen molar-refractivity contribution < 1.29 is 14.1 Å². The molecule has 0 unspecified atom stereocenters. The first-order valence-corrected chi connectivity index (χ1v) is 7.72. The summed E-state index contributed by atoms with van der Waals surface area (Å²) in [5, 5.41) is 9.86. The number of amides is 1. The molecule has 3 rings (SSSR count). The van der Waals surface area contributed by atoms with Gasteiger partial charge in [0.1, 0.15) is 12.4 Å². The van der Waals surface area contributed by atoms with Crippen molar-refractivity contribution in [3.05, 3.63) is 30.2 Å². The van der Waals surface area contributed by atoms with Gasteiger partial charge >= 0.3 is 0 Å². The normalized spacial score (nSPS) is 16.7. The van der Waals surface area contributed by atoms with E-state index in [0.717, 1.165) is 24.2 Å². The van der Waals surface area contributed by atoms with Crippen LogP contribution >= 0.6 is 0 Å². The van der Waals surface area contributed by atoms with Crippen molar-refractivity contribution in [3.8, 4) is 17.1 Å². The van der Waals surface area contributed by atoms with Crippen LogP contribution in [0.3, 0.4) is 0 Å². The quantitative estimate of drug-likeness (QED) is 0.797. The summed E-state index contributed by atoms with van der Waals surface area (Å²) in [6.07, 6.45) is 5.46. The lowest BCUT2D eigenvalue weighted by atomic mass is 10.1. The Morgan fingerprint density at radius 2 is 2.35 bits per heavy atom. The van der Waals surface area contributed by atoms with Crippen molar-refractivity contribution in [2.45, 2.75) is 25.3 Å². The second-order valence-corrected chi connectivity index (χ2v) is 5.52. The van der Waals surface area contributed by atoms with Gasteiger partial charge in [-0.1, -0.05) is 5.16 Å². The van der Waals surface area contributed by atoms with Crippen LogP contribution in [0.1, 0.15) is 18.5 Å². The molecule has 0 spiro atoms. The lowest BCUT2D eigenvalue weighted by molar-refractivity contribution is -0.120. The number of hydrogen-bond donors (Lipinski definition) is 2. The maximum absolute atomic E-state index is 11.3. The van der Waals surface area contributed by atoms with Crippen molar-refractivity contribution in [1.82, 2.24) is 20.8 Å². The predicted octanol–water partition coefficient (Wildman–Crippen LogP) is 1.16. The lowest BCUT2D eigenvalue weighted by Crippen LogP contribution is -2.46. The predicted molar refractivity (Wildman–Crippen MR) is 84.0 cm³/mol. The first-order chi connectivity index (χ1) is 11.2. The zero-order chi connectivity index (χ0) is 16.1. The number of nitrogens with one attached hydrogen (secondary N) is 2. The van der Waals surface area contributed by atoms with Crippen molar-refractivity contribution in [1.29, 1.82) is 0 Å². The third-order valence-corrected chi connectivity index (χ3v) is 3.82. The summed E-state index contributed by atoms with van der Waals surface area (Å²) in [6, 6.07) is 4.15. The summed E-state index contributed by atoms with van der Waals surface area (Å²) in [5.74, 6) is 1.31. The van der Waals surface area contributed by atoms with Gasteiger partial charge in [-0.2, -0.15) is 0 Å². The molecule has 3 heterocycles. The summed E-state index contributed by atoms with van der Waals surface area (Å²) in [6.45, 7) is 1.70. The smallest absolute Gasteiger partial charge is 0.220 e. The van der Waals surface area contributed by atoms with E-state index in [9.17, 15) is 4.79 Å². The number of pyridine rings is 1. The molecular weight excluding hydrogens is 296 g/mol. The van der Waals surface area contributed by atoms with Crippen LogP contribution in [0.25, 0.3) is 11.3 Å². The number of carbonyl (C=O) groups is 1. The van der Waals surface area contributed by atoms with Crippen LogP contribution in [0.15, 0.2) is 29.0 Å². The Balaban J connectivity index is 1.61. The second-order valence-electron chi connectivity index (χ2n) is 5.52. The van der Waals surface area contributed by atoms with Gasteiger partial charge in [0, 0.05) is 43.8 Å². The van der Waals surface area contributed by atoms with Gasteiger partial charge in [-0.25, -0.2) is 0 Å². The molecule has 0 saturated carbocycles. The second kappa shape index (κ2) is 7.23. The monoisotopic (exact) mass is 316 g/mol. The average Bonchev–Trinajstić information content (AvgIpc) is 3.00. The van der Waals surface area contributed by atoms with Crippen LogP contribution < -0.4 is 15.4 Å². The molecule has 0 aliphatic carbocycles. The van der Waals surface area contributed by atoms with E-state index in [4.69, 9.17) is 9.26 Å². The molecule has 2 aromatic heterocycles. The fraction of sp³-hybridized carbons (Fsp3) is 0.438. The summed E-state index contributed by atoms with van der Waals surface area (Å²) in [7, 11) is 1.62. The summed E-state index contributed by atoms with van der Waals surface area (Å²) in [5.41, 5.74) is 1.55. The molecular formula is C16H20N4O3. The van der Waals surface area contributed by atoms with Crippen molar-refractivity contribution in [3.63, 3.8) is 0 Å². The Labute approximate surface area is 134 Å². The molecule has 1 atom stereocenters. The van der Waals surface area contributed by atoms with Crippen LogP contribution in [0.5, 0.6) is 5.75 Å². The van der Waals surface area contributed by atoms with Gasteiger partial charge < -0.3 is 19.9 Å². The van der Waals surface area contributed by atoms with Crippen LogP contribution in [0.2, 0.25) is 0 Å². The van der Waals surface area contributed by atoms with Crippen molar-refractivity contribution in [2.75, 3.05) is 20.2 Å². The number of aromatic nitrogens is 2. The first kappa shape index (κ1) is 15.5. The molecule has 2 aromatic rings. The molecule has 1 aliphatic rings. The molecule has 2 N–H and O–H groups in total. The van der Waals surface area contributed by atoms with E-state index in [0.29, 0.717) is 37.0 Å². The van der Waals surface area contributed by atoms with Gasteiger partial charge in [0.05, 0.1) is 11.9 Å². The SMILES string of the molecule is CNC(=O)CCc1cc(-c2cncc(OC[C@@H]3CCN3)c2)on1. The van der Waals surface area contributed by atoms with Crippen LogP contribution in [-0.2, 0) is 11.2 Å². The number of ether oxygens (including phenoxy) is 1. The molecule has 1 fully saturated rings. The number of nitrogens with zero attached hydrogens (tertiary/aromatic N) is 2. The van der Waals surface area contributed by atoms with Gasteiger partial charge in [0.25, 0.3) is 0 Å². The Hall–Kier alpha value is -2.41. The Morgan fingerprint density at radius 1 is 1.48 bits per heavy atom. The maximum atomic E-state index is 11.3. The number of aryl methyl sites for hydroxylation is 1. The van der Waals surface area contributed by atoms with Gasteiger partial charge in [0.15, 0.2) is 5.76 Å². The highest BCUT2D eigenvalue weighted by Crippen LogP contribution is 2.24. The third kappa shape index (κ3) is 4.07. The molecule has 23 heavy (non-hydrogen) atoms. The average molecular weight is 316 g/mol. The van der Waals surface area contributed by atoms with Crippen molar-refractivity contribution in [2.24, 2.45) is 0 Å². The summed E-state index contributed by atoms with van der Waals surface area (Å²) < 4.78 is 11.1. The zero-order valence-corrected chi connectivity index (χ0v) is 13.0. The van der Waals surface area contributed by atoms with Gasteiger partial charge in [0.2, 0.25) is 5.91 Å². The Kier molecular flexibility index (Phi) is 4.87. The molecule has 122 valence electrons. The largest absolute Gasteiger partial charge is 0.490 e. The van der Waals surface area contributed by atoms with E-state index in [1.54, 1.807) is 19.4 Å². The fourth-order valence-electron chi connectivity index (χ4n) is 2.25. The molecule has 7 heteroatoms. The molecule has 0 bridgehead atoms. The number of hydrogen-bond acceptors (Lipinski definition) is 6. The van der Waals surface area contributed by atoms with Crippen molar-refractivity contribution >= 4 is 5.91 Å². The molecule has 7 nitrogen and oxygen atoms in total. The zero-order valence-electron chi connectivity index (χ0n) is 13.0. The molecule has 0 aromatic carbocycles. The maximum Gasteiger partial charge on any atom is 0.220 e. The number of carbonyl (C=O) groups excluding carboxylic acids is 1. The molecule has 0 radical (unpaired) electrons. The lowest BCUT2D eigenvalue weighted by Gasteiger charge is -2.27. The molecule has 1 saturated heterocycles. The van der Waals surface area contributed by atoms with Gasteiger partial charge in [-0.15, -0.1) is 0 Å². The number of rotatable bonds is 7. The van der Waals surface area contributed by atoms with E-state index < -0.39 is 0 Å². The van der Waals surface area contributed by atoms with Crippen LogP contribution in [0, 0.1) is 0 Å². The topological polar surface area (TPSA) is 89.3 Å². The van der Waals surface area contributed by atoms with E-state index in [-0.39, 0.29) is 5.91 Å². The van der Waals surface area contributed by atoms with Gasteiger partial charge in [-0.05, 0) is 19.0 Å². The van der Waals surface area contributed by atoms with Crippen LogP contribution in [-0.4, -0.2) is 42.3 Å². The summed E-state index contributed by atoms with van der Waals surface area (Å²) >= 11 is 0. The van der Waals surface area contributed by atoms with Crippen LogP contribution in [0.4, 0.5) is 0 Å². The summed E-state index contributed by atoms with van der Waals surface area (Å²) in [4.78, 5) is 15.4. The minimum absolute atomic E-state index is 0.0174. The Bertz CT molecular complexity index is 667. The fourth-order valence-corrected chi connectivity index (χ4v) is 2.25. The van der Waals surface area contributed by atoms with E-state index >= 15 is 0 Å². The highest BCUT2D eigenvalue weighted by atomic mass is 16.5. The highest BCUT2D eigenvalue weighted by Gasteiger charge is 2.17. The minimum Gasteiger partial charge on any atom is -0.490 e. The third-order valence-electron chi connectivity index (χ3n) is 3.82. The molecule has 1 amide bonds.